The third-order valence-corrected chi connectivity index (χ3v) is 3.20. The molecule has 122 valence electrons. The zero-order chi connectivity index (χ0) is 17.5. The predicted molar refractivity (Wildman–Crippen MR) is 88.2 cm³/mol. The van der Waals surface area contributed by atoms with Crippen LogP contribution in [0.1, 0.15) is 5.56 Å². The summed E-state index contributed by atoms with van der Waals surface area (Å²) in [5.41, 5.74) is 0.757. The molecule has 0 saturated carbocycles. The number of nitrogens with one attached hydrogen (secondary N) is 1. The van der Waals surface area contributed by atoms with E-state index in [-0.39, 0.29) is 11.3 Å². The quantitative estimate of drug-likeness (QED) is 0.675. The Balaban J connectivity index is 2.18. The summed E-state index contributed by atoms with van der Waals surface area (Å²) < 4.78 is 23.5. The second kappa shape index (κ2) is 7.79. The van der Waals surface area contributed by atoms with Crippen LogP contribution < -0.4 is 14.8 Å². The van der Waals surface area contributed by atoms with Gasteiger partial charge in [-0.1, -0.05) is 6.07 Å². The van der Waals surface area contributed by atoms with Crippen molar-refractivity contribution < 1.29 is 18.7 Å². The lowest BCUT2D eigenvalue weighted by Crippen LogP contribution is -2.13. The van der Waals surface area contributed by atoms with Crippen molar-refractivity contribution in [1.29, 1.82) is 5.26 Å². The van der Waals surface area contributed by atoms with Crippen molar-refractivity contribution >= 4 is 17.7 Å². The van der Waals surface area contributed by atoms with Crippen LogP contribution in [-0.2, 0) is 4.79 Å². The fraction of sp³-hybridized carbons (Fsp3) is 0.111. The fourth-order valence-corrected chi connectivity index (χ4v) is 1.96. The maximum Gasteiger partial charge on any atom is 0.266 e. The lowest BCUT2D eigenvalue weighted by atomic mass is 10.1. The Labute approximate surface area is 138 Å². The van der Waals surface area contributed by atoms with Gasteiger partial charge in [0.25, 0.3) is 5.91 Å². The number of carbonyl (C=O) groups is 1. The van der Waals surface area contributed by atoms with Crippen LogP contribution in [0.15, 0.2) is 48.0 Å². The van der Waals surface area contributed by atoms with Crippen LogP contribution in [0, 0.1) is 17.1 Å². The molecule has 24 heavy (non-hydrogen) atoms. The van der Waals surface area contributed by atoms with Gasteiger partial charge < -0.3 is 14.8 Å². The van der Waals surface area contributed by atoms with Crippen LogP contribution in [-0.4, -0.2) is 20.1 Å². The van der Waals surface area contributed by atoms with Crippen LogP contribution in [0.5, 0.6) is 11.5 Å². The minimum Gasteiger partial charge on any atom is -0.497 e. The first kappa shape index (κ1) is 17.0. The molecule has 1 amide bonds. The number of benzene rings is 2. The predicted octanol–water partition coefficient (Wildman–Crippen LogP) is 3.39. The molecule has 0 aliphatic heterocycles. The van der Waals surface area contributed by atoms with Gasteiger partial charge in [-0.2, -0.15) is 5.26 Å². The van der Waals surface area contributed by atoms with Crippen molar-refractivity contribution in [2.45, 2.75) is 0 Å². The summed E-state index contributed by atoms with van der Waals surface area (Å²) in [6, 6.07) is 12.7. The van der Waals surface area contributed by atoms with Crippen LogP contribution in [0.25, 0.3) is 6.08 Å². The molecule has 0 radical (unpaired) electrons. The normalized spacial score (nSPS) is 10.7. The highest BCUT2D eigenvalue weighted by Gasteiger charge is 2.10. The first-order chi connectivity index (χ1) is 11.6. The van der Waals surface area contributed by atoms with Crippen molar-refractivity contribution in [2.75, 3.05) is 19.5 Å². The summed E-state index contributed by atoms with van der Waals surface area (Å²) in [5.74, 6) is -0.413. The van der Waals surface area contributed by atoms with Gasteiger partial charge in [0.1, 0.15) is 17.4 Å². The molecule has 0 aliphatic rings. The van der Waals surface area contributed by atoms with Gasteiger partial charge in [0, 0.05) is 5.69 Å². The van der Waals surface area contributed by atoms with Gasteiger partial charge in [0.05, 0.1) is 14.2 Å². The first-order valence-electron chi connectivity index (χ1n) is 6.98. The molecule has 1 N–H and O–H groups in total. The summed E-state index contributed by atoms with van der Waals surface area (Å²) in [6.07, 6.45) is 1.31. The topological polar surface area (TPSA) is 71.3 Å². The number of methoxy groups -OCH3 is 2. The average Bonchev–Trinajstić information content (AvgIpc) is 2.60. The molecular weight excluding hydrogens is 311 g/mol. The highest BCUT2D eigenvalue weighted by Crippen LogP contribution is 2.20. The van der Waals surface area contributed by atoms with Crippen LogP contribution >= 0.6 is 0 Å². The molecule has 0 unspecified atom stereocenters. The zero-order valence-electron chi connectivity index (χ0n) is 13.2. The summed E-state index contributed by atoms with van der Waals surface area (Å²) in [7, 11) is 2.90. The summed E-state index contributed by atoms with van der Waals surface area (Å²) in [4.78, 5) is 12.2. The van der Waals surface area contributed by atoms with Crippen LogP contribution in [0.3, 0.4) is 0 Å². The number of carbonyl (C=O) groups excluding carboxylic acids is 1. The summed E-state index contributed by atoms with van der Waals surface area (Å²) in [5, 5.41) is 11.8. The molecule has 2 aromatic carbocycles. The molecule has 0 heterocycles. The lowest BCUT2D eigenvalue weighted by molar-refractivity contribution is -0.112. The number of rotatable bonds is 5. The van der Waals surface area contributed by atoms with Gasteiger partial charge in [-0.3, -0.25) is 4.79 Å². The van der Waals surface area contributed by atoms with Crippen LogP contribution in [0.2, 0.25) is 0 Å². The van der Waals surface area contributed by atoms with E-state index in [2.05, 4.69) is 5.32 Å². The molecule has 2 rings (SSSR count). The van der Waals surface area contributed by atoms with Crippen molar-refractivity contribution in [3.63, 3.8) is 0 Å². The Morgan fingerprint density at radius 2 is 1.88 bits per heavy atom. The van der Waals surface area contributed by atoms with Gasteiger partial charge in [0.2, 0.25) is 0 Å². The van der Waals surface area contributed by atoms with E-state index in [0.29, 0.717) is 17.0 Å². The molecule has 0 aromatic heterocycles. The molecule has 0 saturated heterocycles. The van der Waals surface area contributed by atoms with E-state index in [9.17, 15) is 14.4 Å². The second-order valence-corrected chi connectivity index (χ2v) is 4.75. The minimum atomic E-state index is -0.584. The highest BCUT2D eigenvalue weighted by atomic mass is 19.1. The van der Waals surface area contributed by atoms with E-state index < -0.39 is 11.7 Å². The van der Waals surface area contributed by atoms with Gasteiger partial charge in [-0.25, -0.2) is 4.39 Å². The monoisotopic (exact) mass is 326 g/mol. The van der Waals surface area contributed by atoms with Gasteiger partial charge >= 0.3 is 0 Å². The number of ether oxygens (including phenoxy) is 2. The SMILES string of the molecule is COc1ccc(NC(=O)/C(C#N)=C/c2ccc(OC)c(F)c2)cc1. The fourth-order valence-electron chi connectivity index (χ4n) is 1.96. The number of hydrogen-bond acceptors (Lipinski definition) is 4. The number of nitrogens with zero attached hydrogens (tertiary/aromatic N) is 1. The Hall–Kier alpha value is -3.33. The second-order valence-electron chi connectivity index (χ2n) is 4.75. The van der Waals surface area contributed by atoms with Gasteiger partial charge in [-0.15, -0.1) is 0 Å². The number of hydrogen-bond donors (Lipinski definition) is 1. The lowest BCUT2D eigenvalue weighted by Gasteiger charge is -2.06. The maximum absolute atomic E-state index is 13.7. The van der Waals surface area contributed by atoms with E-state index in [1.54, 1.807) is 30.3 Å². The Bertz CT molecular complexity index is 808. The number of anilines is 1. The summed E-state index contributed by atoms with van der Waals surface area (Å²) >= 11 is 0. The molecule has 0 bridgehead atoms. The third-order valence-electron chi connectivity index (χ3n) is 3.20. The molecule has 6 heteroatoms. The molecule has 2 aromatic rings. The van der Waals surface area contributed by atoms with Gasteiger partial charge in [0.15, 0.2) is 11.6 Å². The maximum atomic E-state index is 13.7. The molecule has 0 atom stereocenters. The molecular formula is C18H15FN2O3. The zero-order valence-corrected chi connectivity index (χ0v) is 13.2. The number of halogens is 1. The van der Waals surface area contributed by atoms with E-state index in [1.165, 1.54) is 32.4 Å². The van der Waals surface area contributed by atoms with E-state index in [0.717, 1.165) is 0 Å². The van der Waals surface area contributed by atoms with Crippen molar-refractivity contribution in [1.82, 2.24) is 0 Å². The van der Waals surface area contributed by atoms with Crippen LogP contribution in [0.4, 0.5) is 10.1 Å². The Morgan fingerprint density at radius 3 is 2.42 bits per heavy atom. The smallest absolute Gasteiger partial charge is 0.266 e. The van der Waals surface area contributed by atoms with E-state index >= 15 is 0 Å². The average molecular weight is 326 g/mol. The number of amides is 1. The molecule has 0 fully saturated rings. The van der Waals surface area contributed by atoms with Crippen molar-refractivity contribution in [3.8, 4) is 17.6 Å². The standard InChI is InChI=1S/C18H15FN2O3/c1-23-15-6-4-14(5-7-15)21-18(22)13(11-20)9-12-3-8-17(24-2)16(19)10-12/h3-10H,1-2H3,(H,21,22)/b13-9+. The number of nitriles is 1. The Kier molecular flexibility index (Phi) is 5.53. The third kappa shape index (κ3) is 4.11. The van der Waals surface area contributed by atoms with Gasteiger partial charge in [-0.05, 0) is 48.0 Å². The van der Waals surface area contributed by atoms with Crippen molar-refractivity contribution in [2.24, 2.45) is 0 Å². The highest BCUT2D eigenvalue weighted by molar-refractivity contribution is 6.09. The molecule has 0 aliphatic carbocycles. The first-order valence-corrected chi connectivity index (χ1v) is 6.98. The minimum absolute atomic E-state index is 0.0911. The van der Waals surface area contributed by atoms with Crippen molar-refractivity contribution in [3.05, 3.63) is 59.4 Å². The largest absolute Gasteiger partial charge is 0.497 e. The van der Waals surface area contributed by atoms with E-state index in [4.69, 9.17) is 9.47 Å². The van der Waals surface area contributed by atoms with E-state index in [1.807, 2.05) is 6.07 Å². The Morgan fingerprint density at radius 1 is 1.17 bits per heavy atom. The molecule has 5 nitrogen and oxygen atoms in total. The summed E-state index contributed by atoms with van der Waals surface area (Å²) in [6.45, 7) is 0. The molecule has 0 spiro atoms.